The number of hydrogen-bond donors (Lipinski definition) is 1. The fraction of sp³-hybridized carbons (Fsp3) is 0.160. The fourth-order valence-electron chi connectivity index (χ4n) is 3.34. The zero-order valence-corrected chi connectivity index (χ0v) is 21.5. The molecule has 186 valence electrons. The standard InChI is InChI=1S/C25H24FN5O3S2/c1-17-7-11-20(12-8-17)27-23(32)16-35-25-29-28-24(31(25)21-13-9-19(26)10-14-21)18-5-4-6-22(15-18)36(33,34)30(2)3/h4-15H,16H2,1-3H3,(H,27,32). The third-order valence-electron chi connectivity index (χ3n) is 5.26. The van der Waals surface area contributed by atoms with Crippen LogP contribution in [-0.2, 0) is 14.8 Å². The number of anilines is 1. The first kappa shape index (κ1) is 25.5. The van der Waals surface area contributed by atoms with E-state index in [4.69, 9.17) is 0 Å². The molecule has 0 aliphatic heterocycles. The molecular formula is C25H24FN5O3S2. The van der Waals surface area contributed by atoms with E-state index in [0.717, 1.165) is 21.6 Å². The second kappa shape index (κ2) is 10.6. The maximum absolute atomic E-state index is 13.6. The van der Waals surface area contributed by atoms with Crippen molar-refractivity contribution < 1.29 is 17.6 Å². The molecule has 1 N–H and O–H groups in total. The highest BCUT2D eigenvalue weighted by atomic mass is 32.2. The second-order valence-corrected chi connectivity index (χ2v) is 11.2. The van der Waals surface area contributed by atoms with Crippen LogP contribution in [0.3, 0.4) is 0 Å². The molecule has 11 heteroatoms. The van der Waals surface area contributed by atoms with Crippen molar-refractivity contribution in [2.45, 2.75) is 17.0 Å². The minimum Gasteiger partial charge on any atom is -0.325 e. The van der Waals surface area contributed by atoms with E-state index in [2.05, 4.69) is 15.5 Å². The smallest absolute Gasteiger partial charge is 0.242 e. The van der Waals surface area contributed by atoms with E-state index in [1.165, 1.54) is 38.4 Å². The number of sulfonamides is 1. The summed E-state index contributed by atoms with van der Waals surface area (Å²) in [5.74, 6) is -0.210. The summed E-state index contributed by atoms with van der Waals surface area (Å²) in [7, 11) is -0.754. The van der Waals surface area contributed by atoms with E-state index in [1.807, 2.05) is 31.2 Å². The molecule has 8 nitrogen and oxygen atoms in total. The van der Waals surface area contributed by atoms with Gasteiger partial charge in [-0.05, 0) is 55.5 Å². The molecule has 4 aromatic rings. The van der Waals surface area contributed by atoms with Gasteiger partial charge in [0.25, 0.3) is 0 Å². The first-order valence-corrected chi connectivity index (χ1v) is 13.3. The summed E-state index contributed by atoms with van der Waals surface area (Å²) >= 11 is 1.16. The Morgan fingerprint density at radius 1 is 1.03 bits per heavy atom. The molecule has 4 rings (SSSR count). The Morgan fingerprint density at radius 2 is 1.72 bits per heavy atom. The first-order valence-electron chi connectivity index (χ1n) is 10.9. The fourth-order valence-corrected chi connectivity index (χ4v) is 5.04. The number of thioether (sulfide) groups is 1. The van der Waals surface area contributed by atoms with E-state index in [-0.39, 0.29) is 16.6 Å². The highest BCUT2D eigenvalue weighted by Gasteiger charge is 2.21. The van der Waals surface area contributed by atoms with Crippen molar-refractivity contribution in [2.75, 3.05) is 25.2 Å². The molecule has 1 amide bonds. The molecule has 0 unspecified atom stereocenters. The minimum absolute atomic E-state index is 0.0578. The number of halogens is 1. The van der Waals surface area contributed by atoms with Gasteiger partial charge in [-0.1, -0.05) is 41.6 Å². The van der Waals surface area contributed by atoms with E-state index < -0.39 is 15.8 Å². The molecule has 0 atom stereocenters. The molecule has 0 radical (unpaired) electrons. The molecule has 0 saturated heterocycles. The Labute approximate surface area is 213 Å². The number of nitrogens with one attached hydrogen (secondary N) is 1. The van der Waals surface area contributed by atoms with Crippen LogP contribution in [0.4, 0.5) is 10.1 Å². The number of rotatable bonds is 8. The molecule has 0 aliphatic carbocycles. The number of aryl methyl sites for hydroxylation is 1. The average molecular weight is 526 g/mol. The summed E-state index contributed by atoms with van der Waals surface area (Å²) in [5.41, 5.74) is 2.85. The number of benzene rings is 3. The summed E-state index contributed by atoms with van der Waals surface area (Å²) in [6, 6.07) is 19.6. The lowest BCUT2D eigenvalue weighted by molar-refractivity contribution is -0.113. The SMILES string of the molecule is Cc1ccc(NC(=O)CSc2nnc(-c3cccc(S(=O)(=O)N(C)C)c3)n2-c2ccc(F)cc2)cc1. The molecule has 0 aliphatic rings. The van der Waals surface area contributed by atoms with Gasteiger partial charge in [0.1, 0.15) is 5.82 Å². The summed E-state index contributed by atoms with van der Waals surface area (Å²) in [4.78, 5) is 12.7. The molecule has 0 bridgehead atoms. The number of carbonyl (C=O) groups excluding carboxylic acids is 1. The lowest BCUT2D eigenvalue weighted by atomic mass is 10.2. The van der Waals surface area contributed by atoms with E-state index in [1.54, 1.807) is 28.8 Å². The molecule has 36 heavy (non-hydrogen) atoms. The number of hydrogen-bond acceptors (Lipinski definition) is 6. The Bertz CT molecular complexity index is 1490. The normalized spacial score (nSPS) is 11.6. The lowest BCUT2D eigenvalue weighted by Gasteiger charge is -2.13. The third-order valence-corrected chi connectivity index (χ3v) is 8.00. The van der Waals surface area contributed by atoms with Crippen LogP contribution in [0, 0.1) is 12.7 Å². The van der Waals surface area contributed by atoms with Crippen molar-refractivity contribution in [1.29, 1.82) is 0 Å². The number of aromatic nitrogens is 3. The van der Waals surface area contributed by atoms with Gasteiger partial charge >= 0.3 is 0 Å². The van der Waals surface area contributed by atoms with Crippen LogP contribution >= 0.6 is 11.8 Å². The van der Waals surface area contributed by atoms with Crippen molar-refractivity contribution in [3.63, 3.8) is 0 Å². The van der Waals surface area contributed by atoms with Gasteiger partial charge in [0.2, 0.25) is 15.9 Å². The van der Waals surface area contributed by atoms with Crippen LogP contribution in [-0.4, -0.2) is 53.2 Å². The quantitative estimate of drug-likeness (QED) is 0.343. The number of carbonyl (C=O) groups is 1. The van der Waals surface area contributed by atoms with Gasteiger partial charge in [-0.3, -0.25) is 9.36 Å². The van der Waals surface area contributed by atoms with Gasteiger partial charge in [-0.2, -0.15) is 0 Å². The van der Waals surface area contributed by atoms with Crippen LogP contribution < -0.4 is 5.32 Å². The molecule has 1 aromatic heterocycles. The maximum atomic E-state index is 13.6. The molecule has 3 aromatic carbocycles. The molecule has 0 fully saturated rings. The largest absolute Gasteiger partial charge is 0.325 e. The third kappa shape index (κ3) is 5.64. The maximum Gasteiger partial charge on any atom is 0.242 e. The van der Waals surface area contributed by atoms with Crippen molar-refractivity contribution in [3.8, 4) is 17.1 Å². The van der Waals surface area contributed by atoms with Gasteiger partial charge in [0.15, 0.2) is 11.0 Å². The number of amides is 1. The Morgan fingerprint density at radius 3 is 2.39 bits per heavy atom. The van der Waals surface area contributed by atoms with Gasteiger partial charge in [0, 0.05) is 31.0 Å². The van der Waals surface area contributed by atoms with Crippen LogP contribution in [0.15, 0.2) is 82.8 Å². The van der Waals surface area contributed by atoms with E-state index in [9.17, 15) is 17.6 Å². The van der Waals surface area contributed by atoms with Crippen molar-refractivity contribution in [1.82, 2.24) is 19.1 Å². The predicted octanol–water partition coefficient (Wildman–Crippen LogP) is 4.36. The van der Waals surface area contributed by atoms with Crippen LogP contribution in [0.1, 0.15) is 5.56 Å². The molecule has 1 heterocycles. The zero-order valence-electron chi connectivity index (χ0n) is 19.8. The monoisotopic (exact) mass is 525 g/mol. The van der Waals surface area contributed by atoms with Crippen LogP contribution in [0.25, 0.3) is 17.1 Å². The van der Waals surface area contributed by atoms with Gasteiger partial charge in [-0.25, -0.2) is 17.1 Å². The van der Waals surface area contributed by atoms with Gasteiger partial charge in [0.05, 0.1) is 10.6 Å². The van der Waals surface area contributed by atoms with Crippen LogP contribution in [0.5, 0.6) is 0 Å². The van der Waals surface area contributed by atoms with E-state index in [0.29, 0.717) is 27.9 Å². The zero-order chi connectivity index (χ0) is 25.9. The molecule has 0 saturated carbocycles. The summed E-state index contributed by atoms with van der Waals surface area (Å²) in [6.45, 7) is 1.97. The van der Waals surface area contributed by atoms with Crippen molar-refractivity contribution in [3.05, 3.63) is 84.2 Å². The molecule has 0 spiro atoms. The van der Waals surface area contributed by atoms with Crippen molar-refractivity contribution in [2.24, 2.45) is 0 Å². The highest BCUT2D eigenvalue weighted by Crippen LogP contribution is 2.30. The summed E-state index contributed by atoms with van der Waals surface area (Å²) in [6.07, 6.45) is 0. The lowest BCUT2D eigenvalue weighted by Crippen LogP contribution is -2.22. The summed E-state index contributed by atoms with van der Waals surface area (Å²) < 4.78 is 41.7. The minimum atomic E-state index is -3.67. The Balaban J connectivity index is 1.67. The summed E-state index contributed by atoms with van der Waals surface area (Å²) in [5, 5.41) is 11.8. The Kier molecular flexibility index (Phi) is 7.53. The van der Waals surface area contributed by atoms with Gasteiger partial charge in [-0.15, -0.1) is 10.2 Å². The number of nitrogens with zero attached hydrogens (tertiary/aromatic N) is 4. The van der Waals surface area contributed by atoms with Gasteiger partial charge < -0.3 is 5.32 Å². The van der Waals surface area contributed by atoms with E-state index >= 15 is 0 Å². The topological polar surface area (TPSA) is 97.2 Å². The predicted molar refractivity (Wildman–Crippen MR) is 138 cm³/mol. The first-order chi connectivity index (χ1) is 17.1. The second-order valence-electron chi connectivity index (χ2n) is 8.14. The van der Waals surface area contributed by atoms with Crippen molar-refractivity contribution >= 4 is 33.4 Å². The highest BCUT2D eigenvalue weighted by molar-refractivity contribution is 7.99. The van der Waals surface area contributed by atoms with Crippen LogP contribution in [0.2, 0.25) is 0 Å². The molecular weight excluding hydrogens is 501 g/mol. The average Bonchev–Trinajstić information content (AvgIpc) is 3.28. The Hall–Kier alpha value is -3.54.